The lowest BCUT2D eigenvalue weighted by molar-refractivity contribution is -0.115. The van der Waals surface area contributed by atoms with Gasteiger partial charge in [-0.25, -0.2) is 4.98 Å². The standard InChI is InChI=1S/C19H15Cl2N3O2/c1-11-2-7-15(9-16(11)21)23-17(25)8-13-10-22-18(24-19(13)26)12-3-5-14(20)6-4-12/h2-7,9-10H,8H2,1H3,(H,23,25)(H,22,24,26). The van der Waals surface area contributed by atoms with Crippen molar-refractivity contribution in [3.05, 3.63) is 80.2 Å². The van der Waals surface area contributed by atoms with Gasteiger partial charge in [0.05, 0.1) is 6.42 Å². The number of nitrogens with one attached hydrogen (secondary N) is 2. The number of aromatic nitrogens is 2. The molecule has 5 nitrogen and oxygen atoms in total. The van der Waals surface area contributed by atoms with Crippen LogP contribution in [0.5, 0.6) is 0 Å². The van der Waals surface area contributed by atoms with E-state index in [2.05, 4.69) is 15.3 Å². The zero-order valence-electron chi connectivity index (χ0n) is 13.8. The zero-order chi connectivity index (χ0) is 18.7. The lowest BCUT2D eigenvalue weighted by atomic mass is 10.2. The molecule has 0 aliphatic heterocycles. The van der Waals surface area contributed by atoms with E-state index in [4.69, 9.17) is 23.2 Å². The maximum absolute atomic E-state index is 12.2. The zero-order valence-corrected chi connectivity index (χ0v) is 15.4. The Bertz CT molecular complexity index is 1010. The van der Waals surface area contributed by atoms with Crippen LogP contribution < -0.4 is 10.9 Å². The summed E-state index contributed by atoms with van der Waals surface area (Å²) in [5, 5.41) is 3.88. The molecule has 0 fully saturated rings. The second-order valence-electron chi connectivity index (χ2n) is 5.78. The topological polar surface area (TPSA) is 74.8 Å². The van der Waals surface area contributed by atoms with Crippen LogP contribution in [-0.4, -0.2) is 15.9 Å². The highest BCUT2D eigenvalue weighted by molar-refractivity contribution is 6.31. The minimum absolute atomic E-state index is 0.0886. The van der Waals surface area contributed by atoms with Crippen molar-refractivity contribution in [1.29, 1.82) is 0 Å². The van der Waals surface area contributed by atoms with Crippen LogP contribution in [0.3, 0.4) is 0 Å². The van der Waals surface area contributed by atoms with Crippen molar-refractivity contribution in [2.45, 2.75) is 13.3 Å². The molecule has 1 aromatic heterocycles. The molecule has 0 spiro atoms. The highest BCUT2D eigenvalue weighted by Gasteiger charge is 2.10. The molecule has 0 atom stereocenters. The molecule has 26 heavy (non-hydrogen) atoms. The van der Waals surface area contributed by atoms with E-state index in [1.165, 1.54) is 6.20 Å². The van der Waals surface area contributed by atoms with Crippen molar-refractivity contribution in [3.63, 3.8) is 0 Å². The first kappa shape index (κ1) is 18.2. The van der Waals surface area contributed by atoms with Gasteiger partial charge in [-0.05, 0) is 48.9 Å². The second-order valence-corrected chi connectivity index (χ2v) is 6.63. The number of benzene rings is 2. The van der Waals surface area contributed by atoms with Gasteiger partial charge in [0.15, 0.2) is 0 Å². The van der Waals surface area contributed by atoms with E-state index < -0.39 is 0 Å². The van der Waals surface area contributed by atoms with Gasteiger partial charge in [0.1, 0.15) is 5.82 Å². The molecule has 1 heterocycles. The smallest absolute Gasteiger partial charge is 0.254 e. The lowest BCUT2D eigenvalue weighted by Gasteiger charge is -2.07. The van der Waals surface area contributed by atoms with Gasteiger partial charge in [0, 0.05) is 33.1 Å². The van der Waals surface area contributed by atoms with E-state index in [0.717, 1.165) is 11.1 Å². The minimum Gasteiger partial charge on any atom is -0.326 e. The van der Waals surface area contributed by atoms with E-state index in [-0.39, 0.29) is 23.5 Å². The second kappa shape index (κ2) is 7.72. The number of H-pyrrole nitrogens is 1. The summed E-state index contributed by atoms with van der Waals surface area (Å²) in [4.78, 5) is 31.3. The summed E-state index contributed by atoms with van der Waals surface area (Å²) in [5.41, 5.74) is 2.15. The predicted molar refractivity (Wildman–Crippen MR) is 104 cm³/mol. The Morgan fingerprint density at radius 2 is 1.88 bits per heavy atom. The first-order chi connectivity index (χ1) is 12.4. The van der Waals surface area contributed by atoms with Gasteiger partial charge in [-0.2, -0.15) is 0 Å². The number of carbonyl (C=O) groups excluding carboxylic acids is 1. The summed E-state index contributed by atoms with van der Waals surface area (Å²) >= 11 is 11.9. The van der Waals surface area contributed by atoms with Crippen LogP contribution in [0.4, 0.5) is 5.69 Å². The summed E-state index contributed by atoms with van der Waals surface area (Å²) in [6, 6.07) is 12.2. The van der Waals surface area contributed by atoms with Crippen LogP contribution in [0.2, 0.25) is 10.0 Å². The number of carbonyl (C=O) groups is 1. The average Bonchev–Trinajstić information content (AvgIpc) is 2.60. The number of hydrogen-bond acceptors (Lipinski definition) is 3. The largest absolute Gasteiger partial charge is 0.326 e. The molecular weight excluding hydrogens is 373 g/mol. The molecule has 3 aromatic rings. The number of anilines is 1. The maximum Gasteiger partial charge on any atom is 0.254 e. The summed E-state index contributed by atoms with van der Waals surface area (Å²) in [7, 11) is 0. The SMILES string of the molecule is Cc1ccc(NC(=O)Cc2cnc(-c3ccc(Cl)cc3)[nH]c2=O)cc1Cl. The number of nitrogens with zero attached hydrogens (tertiary/aromatic N) is 1. The van der Waals surface area contributed by atoms with Crippen molar-refractivity contribution in [1.82, 2.24) is 9.97 Å². The Balaban J connectivity index is 1.73. The Labute approximate surface area is 160 Å². The average molecular weight is 388 g/mol. The maximum atomic E-state index is 12.2. The molecule has 2 aromatic carbocycles. The predicted octanol–water partition coefficient (Wildman–Crippen LogP) is 4.23. The van der Waals surface area contributed by atoms with Crippen molar-refractivity contribution < 1.29 is 4.79 Å². The van der Waals surface area contributed by atoms with E-state index in [9.17, 15) is 9.59 Å². The van der Waals surface area contributed by atoms with Crippen molar-refractivity contribution in [2.75, 3.05) is 5.32 Å². The van der Waals surface area contributed by atoms with Crippen LogP contribution in [0.15, 0.2) is 53.5 Å². The highest BCUT2D eigenvalue weighted by atomic mass is 35.5. The number of amides is 1. The fourth-order valence-electron chi connectivity index (χ4n) is 2.35. The molecule has 1 amide bonds. The Hall–Kier alpha value is -2.63. The lowest BCUT2D eigenvalue weighted by Crippen LogP contribution is -2.22. The third kappa shape index (κ3) is 4.31. The molecule has 0 aliphatic rings. The van der Waals surface area contributed by atoms with Crippen LogP contribution in [0.25, 0.3) is 11.4 Å². The van der Waals surface area contributed by atoms with Gasteiger partial charge >= 0.3 is 0 Å². The van der Waals surface area contributed by atoms with E-state index in [0.29, 0.717) is 21.6 Å². The number of aromatic amines is 1. The number of hydrogen-bond donors (Lipinski definition) is 2. The van der Waals surface area contributed by atoms with E-state index in [1.807, 2.05) is 13.0 Å². The van der Waals surface area contributed by atoms with Gasteiger partial charge in [-0.1, -0.05) is 29.3 Å². The molecule has 0 saturated heterocycles. The van der Waals surface area contributed by atoms with Gasteiger partial charge in [-0.15, -0.1) is 0 Å². The molecular formula is C19H15Cl2N3O2. The monoisotopic (exact) mass is 387 g/mol. The van der Waals surface area contributed by atoms with Gasteiger partial charge < -0.3 is 10.3 Å². The Kier molecular flexibility index (Phi) is 5.40. The summed E-state index contributed by atoms with van der Waals surface area (Å²) < 4.78 is 0. The number of aryl methyl sites for hydroxylation is 1. The Morgan fingerprint density at radius 1 is 1.15 bits per heavy atom. The molecule has 0 bridgehead atoms. The van der Waals surface area contributed by atoms with Crippen LogP contribution in [0, 0.1) is 6.92 Å². The molecule has 0 radical (unpaired) electrons. The van der Waals surface area contributed by atoms with Crippen molar-refractivity contribution in [2.24, 2.45) is 0 Å². The third-order valence-corrected chi connectivity index (χ3v) is 4.46. The fourth-order valence-corrected chi connectivity index (χ4v) is 2.66. The summed E-state index contributed by atoms with van der Waals surface area (Å²) in [6.45, 7) is 1.88. The molecule has 3 rings (SSSR count). The van der Waals surface area contributed by atoms with Crippen molar-refractivity contribution in [3.8, 4) is 11.4 Å². The first-order valence-electron chi connectivity index (χ1n) is 7.82. The molecule has 132 valence electrons. The molecule has 2 N–H and O–H groups in total. The number of halogens is 2. The van der Waals surface area contributed by atoms with Crippen LogP contribution >= 0.6 is 23.2 Å². The summed E-state index contributed by atoms with van der Waals surface area (Å²) in [6.07, 6.45) is 1.32. The summed E-state index contributed by atoms with van der Waals surface area (Å²) in [5.74, 6) is 0.0950. The third-order valence-electron chi connectivity index (χ3n) is 3.80. The van der Waals surface area contributed by atoms with Crippen LogP contribution in [-0.2, 0) is 11.2 Å². The highest BCUT2D eigenvalue weighted by Crippen LogP contribution is 2.20. The molecule has 7 heteroatoms. The Morgan fingerprint density at radius 3 is 2.54 bits per heavy atom. The van der Waals surface area contributed by atoms with Gasteiger partial charge in [-0.3, -0.25) is 9.59 Å². The fraction of sp³-hybridized carbons (Fsp3) is 0.105. The van der Waals surface area contributed by atoms with Crippen molar-refractivity contribution >= 4 is 34.8 Å². The molecule has 0 saturated carbocycles. The normalized spacial score (nSPS) is 10.6. The van der Waals surface area contributed by atoms with Gasteiger partial charge in [0.2, 0.25) is 5.91 Å². The first-order valence-corrected chi connectivity index (χ1v) is 8.58. The molecule has 0 aliphatic carbocycles. The van der Waals surface area contributed by atoms with E-state index in [1.54, 1.807) is 36.4 Å². The minimum atomic E-state index is -0.359. The van der Waals surface area contributed by atoms with Crippen LogP contribution in [0.1, 0.15) is 11.1 Å². The quantitative estimate of drug-likeness (QED) is 0.702. The van der Waals surface area contributed by atoms with Gasteiger partial charge in [0.25, 0.3) is 5.56 Å². The van der Waals surface area contributed by atoms with E-state index >= 15 is 0 Å². The number of rotatable bonds is 4. The molecule has 0 unspecified atom stereocenters.